The molecule has 0 heterocycles. The standard InChI is InChI=1S/C15H14BrF2NO3/c1-2-22-15(21)10(7-19-8-3-4-8)14(20)9-5-13(18)11(16)6-12(9)17/h5-8,19H,2-4H2,1H3. The van der Waals surface area contributed by atoms with Crippen molar-refractivity contribution in [2.24, 2.45) is 0 Å². The van der Waals surface area contributed by atoms with E-state index in [1.807, 2.05) is 0 Å². The summed E-state index contributed by atoms with van der Waals surface area (Å²) < 4.78 is 32.1. The molecule has 0 aliphatic heterocycles. The van der Waals surface area contributed by atoms with E-state index >= 15 is 0 Å². The highest BCUT2D eigenvalue weighted by Crippen LogP contribution is 2.23. The Morgan fingerprint density at radius 1 is 1.36 bits per heavy atom. The minimum absolute atomic E-state index is 0.0735. The monoisotopic (exact) mass is 373 g/mol. The summed E-state index contributed by atoms with van der Waals surface area (Å²) >= 11 is 2.83. The van der Waals surface area contributed by atoms with Crippen molar-refractivity contribution >= 4 is 27.7 Å². The van der Waals surface area contributed by atoms with Crippen LogP contribution in [0.15, 0.2) is 28.4 Å². The zero-order valence-electron chi connectivity index (χ0n) is 11.8. The first-order chi connectivity index (χ1) is 10.4. The lowest BCUT2D eigenvalue weighted by Gasteiger charge is -2.09. The van der Waals surface area contributed by atoms with Gasteiger partial charge in [0.25, 0.3) is 0 Å². The molecule has 0 unspecified atom stereocenters. The Labute approximate surface area is 134 Å². The van der Waals surface area contributed by atoms with E-state index < -0.39 is 29.0 Å². The lowest BCUT2D eigenvalue weighted by Crippen LogP contribution is -2.21. The third-order valence-electron chi connectivity index (χ3n) is 3.04. The van der Waals surface area contributed by atoms with E-state index in [2.05, 4.69) is 21.2 Å². The Bertz CT molecular complexity index is 642. The summed E-state index contributed by atoms with van der Waals surface area (Å²) in [6.45, 7) is 1.66. The van der Waals surface area contributed by atoms with Gasteiger partial charge in [-0.1, -0.05) is 0 Å². The van der Waals surface area contributed by atoms with Gasteiger partial charge in [0.05, 0.1) is 16.6 Å². The molecular formula is C15H14BrF2NO3. The van der Waals surface area contributed by atoms with Gasteiger partial charge in [0.15, 0.2) is 0 Å². The summed E-state index contributed by atoms with van der Waals surface area (Å²) in [6.07, 6.45) is 3.08. The van der Waals surface area contributed by atoms with Crippen LogP contribution < -0.4 is 5.32 Å². The number of hydrogen-bond acceptors (Lipinski definition) is 4. The normalized spacial score (nSPS) is 14.6. The molecule has 0 saturated heterocycles. The molecule has 2 rings (SSSR count). The van der Waals surface area contributed by atoms with Crippen LogP contribution in [0.2, 0.25) is 0 Å². The Kier molecular flexibility index (Phi) is 5.28. The molecule has 1 N–H and O–H groups in total. The lowest BCUT2D eigenvalue weighted by molar-refractivity contribution is -0.138. The highest BCUT2D eigenvalue weighted by atomic mass is 79.9. The van der Waals surface area contributed by atoms with Gasteiger partial charge in [0.1, 0.15) is 17.2 Å². The molecule has 4 nitrogen and oxygen atoms in total. The van der Waals surface area contributed by atoms with Crippen molar-refractivity contribution in [2.75, 3.05) is 6.61 Å². The van der Waals surface area contributed by atoms with Gasteiger partial charge in [-0.25, -0.2) is 13.6 Å². The van der Waals surface area contributed by atoms with Crippen LogP contribution >= 0.6 is 15.9 Å². The molecule has 1 fully saturated rings. The molecule has 0 bridgehead atoms. The number of Topliss-reactive ketones (excluding diaryl/α,β-unsaturated/α-hetero) is 1. The first-order valence-corrected chi connectivity index (χ1v) is 7.56. The van der Waals surface area contributed by atoms with Crippen LogP contribution in [0.1, 0.15) is 30.1 Å². The van der Waals surface area contributed by atoms with Gasteiger partial charge >= 0.3 is 5.97 Å². The minimum atomic E-state index is -0.921. The topological polar surface area (TPSA) is 55.4 Å². The number of nitrogens with one attached hydrogen (secondary N) is 1. The van der Waals surface area contributed by atoms with Gasteiger partial charge in [0.2, 0.25) is 5.78 Å². The van der Waals surface area contributed by atoms with Crippen molar-refractivity contribution in [1.82, 2.24) is 5.32 Å². The number of carbonyl (C=O) groups is 2. The number of hydrogen-bond donors (Lipinski definition) is 1. The summed E-state index contributed by atoms with van der Waals surface area (Å²) in [5, 5.41) is 2.88. The average Bonchev–Trinajstić information content (AvgIpc) is 3.27. The van der Waals surface area contributed by atoms with Crippen LogP contribution in [0.3, 0.4) is 0 Å². The second-order valence-corrected chi connectivity index (χ2v) is 5.65. The second kappa shape index (κ2) is 7.00. The van der Waals surface area contributed by atoms with E-state index in [1.165, 1.54) is 6.20 Å². The molecule has 1 aliphatic carbocycles. The van der Waals surface area contributed by atoms with Crippen LogP contribution in [-0.2, 0) is 9.53 Å². The summed E-state index contributed by atoms with van der Waals surface area (Å²) in [6, 6.07) is 1.80. The van der Waals surface area contributed by atoms with E-state index in [-0.39, 0.29) is 22.7 Å². The van der Waals surface area contributed by atoms with E-state index in [4.69, 9.17) is 4.74 Å². The number of ketones is 1. The molecule has 118 valence electrons. The molecular weight excluding hydrogens is 360 g/mol. The lowest BCUT2D eigenvalue weighted by atomic mass is 10.0. The van der Waals surface area contributed by atoms with Gasteiger partial charge < -0.3 is 10.1 Å². The molecule has 1 aromatic rings. The smallest absolute Gasteiger partial charge is 0.343 e. The molecule has 0 aromatic heterocycles. The maximum atomic E-state index is 13.9. The number of carbonyl (C=O) groups excluding carboxylic acids is 2. The Morgan fingerprint density at radius 2 is 2.05 bits per heavy atom. The van der Waals surface area contributed by atoms with Gasteiger partial charge in [-0.15, -0.1) is 0 Å². The van der Waals surface area contributed by atoms with Crippen LogP contribution in [0, 0.1) is 11.6 Å². The molecule has 0 atom stereocenters. The van der Waals surface area contributed by atoms with Crippen molar-refractivity contribution in [1.29, 1.82) is 0 Å². The SMILES string of the molecule is CCOC(=O)C(=CNC1CC1)C(=O)c1cc(F)c(Br)cc1F. The summed E-state index contributed by atoms with van der Waals surface area (Å²) in [7, 11) is 0. The Balaban J connectivity index is 2.33. The summed E-state index contributed by atoms with van der Waals surface area (Å²) in [4.78, 5) is 24.2. The van der Waals surface area contributed by atoms with Crippen LogP contribution in [-0.4, -0.2) is 24.4 Å². The molecule has 0 spiro atoms. The van der Waals surface area contributed by atoms with Crippen molar-refractivity contribution < 1.29 is 23.1 Å². The fourth-order valence-corrected chi connectivity index (χ4v) is 2.03. The third-order valence-corrected chi connectivity index (χ3v) is 3.64. The van der Waals surface area contributed by atoms with Gasteiger partial charge in [0, 0.05) is 12.2 Å². The van der Waals surface area contributed by atoms with Crippen molar-refractivity contribution in [2.45, 2.75) is 25.8 Å². The molecule has 1 aromatic carbocycles. The van der Waals surface area contributed by atoms with Crippen LogP contribution in [0.4, 0.5) is 8.78 Å². The molecule has 1 saturated carbocycles. The number of rotatable bonds is 6. The largest absolute Gasteiger partial charge is 0.462 e. The van der Waals surface area contributed by atoms with Crippen molar-refractivity contribution in [3.63, 3.8) is 0 Å². The maximum absolute atomic E-state index is 13.9. The van der Waals surface area contributed by atoms with Crippen molar-refractivity contribution in [3.05, 3.63) is 45.6 Å². The molecule has 0 amide bonds. The highest BCUT2D eigenvalue weighted by molar-refractivity contribution is 9.10. The Hall–Kier alpha value is -1.76. The first kappa shape index (κ1) is 16.6. The molecule has 22 heavy (non-hydrogen) atoms. The zero-order valence-corrected chi connectivity index (χ0v) is 13.4. The van der Waals surface area contributed by atoms with E-state index in [1.54, 1.807) is 6.92 Å². The Morgan fingerprint density at radius 3 is 2.64 bits per heavy atom. The fraction of sp³-hybridized carbons (Fsp3) is 0.333. The third kappa shape index (κ3) is 3.91. The number of halogens is 3. The second-order valence-electron chi connectivity index (χ2n) is 4.79. The van der Waals surface area contributed by atoms with Crippen molar-refractivity contribution in [3.8, 4) is 0 Å². The quantitative estimate of drug-likeness (QED) is 0.208. The number of esters is 1. The van der Waals surface area contributed by atoms with Gasteiger partial charge in [-0.3, -0.25) is 4.79 Å². The molecule has 7 heteroatoms. The minimum Gasteiger partial charge on any atom is -0.462 e. The summed E-state index contributed by atoms with van der Waals surface area (Å²) in [5.74, 6) is -3.50. The number of benzene rings is 1. The zero-order chi connectivity index (χ0) is 16.3. The maximum Gasteiger partial charge on any atom is 0.343 e. The predicted molar refractivity (Wildman–Crippen MR) is 79.3 cm³/mol. The fourth-order valence-electron chi connectivity index (χ4n) is 1.72. The van der Waals surface area contributed by atoms with Crippen LogP contribution in [0.5, 0.6) is 0 Å². The summed E-state index contributed by atoms with van der Waals surface area (Å²) in [5.41, 5.74) is -0.869. The van der Waals surface area contributed by atoms with Gasteiger partial charge in [-0.05, 0) is 47.8 Å². The van der Waals surface area contributed by atoms with E-state index in [0.717, 1.165) is 25.0 Å². The first-order valence-electron chi connectivity index (χ1n) is 6.76. The van der Waals surface area contributed by atoms with E-state index in [9.17, 15) is 18.4 Å². The highest BCUT2D eigenvalue weighted by Gasteiger charge is 2.27. The molecule has 0 radical (unpaired) electrons. The average molecular weight is 374 g/mol. The van der Waals surface area contributed by atoms with E-state index in [0.29, 0.717) is 0 Å². The van der Waals surface area contributed by atoms with Crippen LogP contribution in [0.25, 0.3) is 0 Å². The molecule has 1 aliphatic rings. The van der Waals surface area contributed by atoms with Gasteiger partial charge in [-0.2, -0.15) is 0 Å². The predicted octanol–water partition coefficient (Wildman–Crippen LogP) is 3.11. The number of ether oxygens (including phenoxy) is 1.